The standard InChI is InChI=1S/C17H18ClFN2O3S/c1-21(10-14-15(18)7-4-8-16(14)19)11-17(22)20-12-5-3-6-13(9-12)25(2,23)24/h3-9H,10-11H2,1-2H3,(H,20,22). The average molecular weight is 385 g/mol. The summed E-state index contributed by atoms with van der Waals surface area (Å²) in [5.74, 6) is -0.777. The highest BCUT2D eigenvalue weighted by Gasteiger charge is 2.13. The molecule has 0 spiro atoms. The Morgan fingerprint density at radius 3 is 2.56 bits per heavy atom. The van der Waals surface area contributed by atoms with Gasteiger partial charge in [0.15, 0.2) is 9.84 Å². The first-order chi connectivity index (χ1) is 11.7. The summed E-state index contributed by atoms with van der Waals surface area (Å²) in [6.07, 6.45) is 1.10. The Morgan fingerprint density at radius 1 is 1.24 bits per heavy atom. The molecule has 0 saturated carbocycles. The van der Waals surface area contributed by atoms with E-state index in [0.29, 0.717) is 16.3 Å². The van der Waals surface area contributed by atoms with Crippen molar-refractivity contribution >= 4 is 33.0 Å². The van der Waals surface area contributed by atoms with Gasteiger partial charge in [0.25, 0.3) is 0 Å². The van der Waals surface area contributed by atoms with Crippen molar-refractivity contribution in [2.75, 3.05) is 25.2 Å². The number of anilines is 1. The van der Waals surface area contributed by atoms with Gasteiger partial charge in [0.05, 0.1) is 11.4 Å². The van der Waals surface area contributed by atoms with Crippen molar-refractivity contribution in [3.05, 3.63) is 58.9 Å². The summed E-state index contributed by atoms with van der Waals surface area (Å²) in [4.78, 5) is 13.8. The highest BCUT2D eigenvalue weighted by Crippen LogP contribution is 2.20. The zero-order chi connectivity index (χ0) is 18.6. The number of benzene rings is 2. The number of nitrogens with zero attached hydrogens (tertiary/aromatic N) is 1. The molecule has 0 aliphatic heterocycles. The largest absolute Gasteiger partial charge is 0.325 e. The molecule has 1 N–H and O–H groups in total. The third-order valence-electron chi connectivity index (χ3n) is 3.45. The normalized spacial score (nSPS) is 11.6. The van der Waals surface area contributed by atoms with Gasteiger partial charge in [-0.1, -0.05) is 23.7 Å². The zero-order valence-electron chi connectivity index (χ0n) is 13.8. The smallest absolute Gasteiger partial charge is 0.238 e. The summed E-state index contributed by atoms with van der Waals surface area (Å²) in [6.45, 7) is 0.163. The van der Waals surface area contributed by atoms with E-state index in [9.17, 15) is 17.6 Å². The number of nitrogens with one attached hydrogen (secondary N) is 1. The van der Waals surface area contributed by atoms with E-state index in [0.717, 1.165) is 6.26 Å². The highest BCUT2D eigenvalue weighted by atomic mass is 35.5. The van der Waals surface area contributed by atoms with Gasteiger partial charge in [0, 0.05) is 29.1 Å². The van der Waals surface area contributed by atoms with Crippen molar-refractivity contribution in [1.29, 1.82) is 0 Å². The van der Waals surface area contributed by atoms with Crippen LogP contribution in [0.2, 0.25) is 5.02 Å². The number of rotatable bonds is 6. The summed E-state index contributed by atoms with van der Waals surface area (Å²) in [7, 11) is -1.69. The molecular weight excluding hydrogens is 367 g/mol. The monoisotopic (exact) mass is 384 g/mol. The van der Waals surface area contributed by atoms with E-state index in [-0.39, 0.29) is 23.9 Å². The molecule has 134 valence electrons. The van der Waals surface area contributed by atoms with E-state index in [1.54, 1.807) is 30.1 Å². The Morgan fingerprint density at radius 2 is 1.92 bits per heavy atom. The SMILES string of the molecule is CN(CC(=O)Nc1cccc(S(C)(=O)=O)c1)Cc1c(F)cccc1Cl. The maximum absolute atomic E-state index is 13.8. The van der Waals surface area contributed by atoms with E-state index >= 15 is 0 Å². The molecule has 0 saturated heterocycles. The van der Waals surface area contributed by atoms with E-state index in [2.05, 4.69) is 5.32 Å². The van der Waals surface area contributed by atoms with E-state index < -0.39 is 15.7 Å². The van der Waals surface area contributed by atoms with Crippen molar-refractivity contribution in [1.82, 2.24) is 4.90 Å². The van der Waals surface area contributed by atoms with Crippen LogP contribution < -0.4 is 5.32 Å². The van der Waals surface area contributed by atoms with Gasteiger partial charge in [-0.2, -0.15) is 0 Å². The van der Waals surface area contributed by atoms with E-state index in [1.165, 1.54) is 24.3 Å². The third kappa shape index (κ3) is 5.52. The first-order valence-electron chi connectivity index (χ1n) is 7.38. The van der Waals surface area contributed by atoms with Gasteiger partial charge in [-0.05, 0) is 37.4 Å². The Bertz CT molecular complexity index is 867. The van der Waals surface area contributed by atoms with Crippen LogP contribution in [0, 0.1) is 5.82 Å². The fourth-order valence-electron chi connectivity index (χ4n) is 2.26. The molecular formula is C17H18ClFN2O3S. The predicted molar refractivity (Wildman–Crippen MR) is 95.9 cm³/mol. The average Bonchev–Trinajstić information content (AvgIpc) is 2.50. The molecule has 5 nitrogen and oxygen atoms in total. The first-order valence-corrected chi connectivity index (χ1v) is 9.65. The molecule has 0 bridgehead atoms. The Kier molecular flexibility index (Phi) is 6.16. The number of sulfone groups is 1. The first kappa shape index (κ1) is 19.4. The summed E-state index contributed by atoms with van der Waals surface area (Å²) in [6, 6.07) is 10.4. The van der Waals surface area contributed by atoms with Gasteiger partial charge in [-0.25, -0.2) is 12.8 Å². The second-order valence-corrected chi connectivity index (χ2v) is 8.14. The highest BCUT2D eigenvalue weighted by molar-refractivity contribution is 7.90. The number of carbonyl (C=O) groups is 1. The lowest BCUT2D eigenvalue weighted by atomic mass is 10.2. The fourth-order valence-corrected chi connectivity index (χ4v) is 3.15. The molecule has 1 amide bonds. The van der Waals surface area contributed by atoms with Crippen LogP contribution in [-0.2, 0) is 21.2 Å². The van der Waals surface area contributed by atoms with Gasteiger partial charge < -0.3 is 5.32 Å². The summed E-state index contributed by atoms with van der Waals surface area (Å²) in [5, 5.41) is 2.93. The van der Waals surface area contributed by atoms with Crippen molar-refractivity contribution in [3.8, 4) is 0 Å². The lowest BCUT2D eigenvalue weighted by molar-refractivity contribution is -0.117. The number of hydrogen-bond donors (Lipinski definition) is 1. The van der Waals surface area contributed by atoms with Crippen LogP contribution >= 0.6 is 11.6 Å². The van der Waals surface area contributed by atoms with Crippen LogP contribution in [0.3, 0.4) is 0 Å². The molecule has 0 heterocycles. The molecule has 2 rings (SSSR count). The summed E-state index contributed by atoms with van der Waals surface area (Å²) >= 11 is 5.98. The van der Waals surface area contributed by atoms with Crippen LogP contribution in [0.1, 0.15) is 5.56 Å². The van der Waals surface area contributed by atoms with E-state index in [4.69, 9.17) is 11.6 Å². The molecule has 0 aliphatic carbocycles. The number of amides is 1. The van der Waals surface area contributed by atoms with Crippen LogP contribution in [0.25, 0.3) is 0 Å². The van der Waals surface area contributed by atoms with Gasteiger partial charge in [0.2, 0.25) is 5.91 Å². The van der Waals surface area contributed by atoms with Crippen molar-refractivity contribution in [3.63, 3.8) is 0 Å². The Balaban J connectivity index is 2.01. The van der Waals surface area contributed by atoms with Gasteiger partial charge >= 0.3 is 0 Å². The van der Waals surface area contributed by atoms with Crippen LogP contribution in [-0.4, -0.2) is 39.1 Å². The molecule has 0 atom stereocenters. The molecule has 0 fully saturated rings. The second kappa shape index (κ2) is 7.95. The zero-order valence-corrected chi connectivity index (χ0v) is 15.4. The fraction of sp³-hybridized carbons (Fsp3) is 0.235. The lowest BCUT2D eigenvalue weighted by Crippen LogP contribution is -2.30. The van der Waals surface area contributed by atoms with Gasteiger partial charge in [0.1, 0.15) is 5.82 Å². The van der Waals surface area contributed by atoms with Gasteiger partial charge in [-0.3, -0.25) is 9.69 Å². The minimum absolute atomic E-state index is 0.00618. The van der Waals surface area contributed by atoms with Crippen LogP contribution in [0.15, 0.2) is 47.4 Å². The van der Waals surface area contributed by atoms with E-state index in [1.807, 2.05) is 0 Å². The van der Waals surface area contributed by atoms with Crippen LogP contribution in [0.5, 0.6) is 0 Å². The minimum atomic E-state index is -3.35. The van der Waals surface area contributed by atoms with Crippen LogP contribution in [0.4, 0.5) is 10.1 Å². The summed E-state index contributed by atoms with van der Waals surface area (Å²) in [5.41, 5.74) is 0.698. The topological polar surface area (TPSA) is 66.5 Å². The van der Waals surface area contributed by atoms with Crippen molar-refractivity contribution in [2.45, 2.75) is 11.4 Å². The maximum atomic E-state index is 13.8. The van der Waals surface area contributed by atoms with Crippen molar-refractivity contribution in [2.24, 2.45) is 0 Å². The Labute approximate surface area is 151 Å². The molecule has 2 aromatic rings. The molecule has 0 aliphatic rings. The third-order valence-corrected chi connectivity index (χ3v) is 4.91. The molecule has 25 heavy (non-hydrogen) atoms. The Hall–Kier alpha value is -1.96. The molecule has 0 aromatic heterocycles. The molecule has 8 heteroatoms. The molecule has 0 radical (unpaired) electrons. The summed E-state index contributed by atoms with van der Waals surface area (Å²) < 4.78 is 36.9. The number of hydrogen-bond acceptors (Lipinski definition) is 4. The van der Waals surface area contributed by atoms with Gasteiger partial charge in [-0.15, -0.1) is 0 Å². The number of likely N-dealkylation sites (N-methyl/N-ethyl adjacent to an activating group) is 1. The quantitative estimate of drug-likeness (QED) is 0.831. The minimum Gasteiger partial charge on any atom is -0.325 e. The number of carbonyl (C=O) groups excluding carboxylic acids is 1. The maximum Gasteiger partial charge on any atom is 0.238 e. The second-order valence-electron chi connectivity index (χ2n) is 5.72. The number of halogens is 2. The molecule has 0 unspecified atom stereocenters. The predicted octanol–water partition coefficient (Wildman–Crippen LogP) is 2.95. The van der Waals surface area contributed by atoms with Crippen molar-refractivity contribution < 1.29 is 17.6 Å². The lowest BCUT2D eigenvalue weighted by Gasteiger charge is -2.17. The molecule has 2 aromatic carbocycles.